The van der Waals surface area contributed by atoms with Crippen LogP contribution in [0.3, 0.4) is 0 Å². The van der Waals surface area contributed by atoms with Gasteiger partial charge in [-0.2, -0.15) is 8.42 Å². The summed E-state index contributed by atoms with van der Waals surface area (Å²) in [6.07, 6.45) is 1.45. The molecule has 134 valence electrons. The molecule has 2 rings (SSSR count). The molecule has 2 saturated heterocycles. The van der Waals surface area contributed by atoms with Crippen molar-refractivity contribution in [2.75, 3.05) is 25.9 Å². The monoisotopic (exact) mass is 348 g/mol. The summed E-state index contributed by atoms with van der Waals surface area (Å²) in [4.78, 5) is 16.0. The number of likely N-dealkylation sites (tertiary alicyclic amines) is 1. The first-order chi connectivity index (χ1) is 10.5. The Kier molecular flexibility index (Phi) is 5.27. The summed E-state index contributed by atoms with van der Waals surface area (Å²) in [6, 6.07) is -0.405. The zero-order chi connectivity index (χ0) is 17.4. The molecule has 0 saturated carbocycles. The standard InChI is InChI=1S/C15H28N2O5S/c1-11-13(22-23(5,19)20)21-14(18)17(11)10-12-6-8-16(9-7-12)15(2,3)4/h11-13H,6-10H2,1-5H3. The Balaban J connectivity index is 1.90. The topological polar surface area (TPSA) is 76.2 Å². The Morgan fingerprint density at radius 2 is 1.83 bits per heavy atom. The van der Waals surface area contributed by atoms with Crippen molar-refractivity contribution < 1.29 is 22.1 Å². The fraction of sp³-hybridized carbons (Fsp3) is 0.933. The van der Waals surface area contributed by atoms with Gasteiger partial charge in [0.05, 0.1) is 12.3 Å². The number of piperidine rings is 1. The van der Waals surface area contributed by atoms with Crippen molar-refractivity contribution in [2.24, 2.45) is 5.92 Å². The van der Waals surface area contributed by atoms with Gasteiger partial charge < -0.3 is 4.74 Å². The Morgan fingerprint density at radius 3 is 2.30 bits per heavy atom. The van der Waals surface area contributed by atoms with E-state index in [-0.39, 0.29) is 5.54 Å². The predicted octanol–water partition coefficient (Wildman–Crippen LogP) is 1.64. The molecule has 2 heterocycles. The molecule has 0 aliphatic carbocycles. The molecule has 2 aliphatic heterocycles. The van der Waals surface area contributed by atoms with Crippen LogP contribution in [0.5, 0.6) is 0 Å². The smallest absolute Gasteiger partial charge is 0.412 e. The highest BCUT2D eigenvalue weighted by Crippen LogP contribution is 2.28. The van der Waals surface area contributed by atoms with Crippen molar-refractivity contribution in [1.82, 2.24) is 9.80 Å². The molecule has 0 spiro atoms. The van der Waals surface area contributed by atoms with Crippen molar-refractivity contribution in [2.45, 2.75) is 58.4 Å². The van der Waals surface area contributed by atoms with Crippen molar-refractivity contribution in [3.8, 4) is 0 Å². The number of carbonyl (C=O) groups is 1. The molecular weight excluding hydrogens is 320 g/mol. The van der Waals surface area contributed by atoms with Gasteiger partial charge in [-0.05, 0) is 59.5 Å². The van der Waals surface area contributed by atoms with E-state index >= 15 is 0 Å². The molecule has 7 nitrogen and oxygen atoms in total. The molecule has 2 fully saturated rings. The van der Waals surface area contributed by atoms with Crippen LogP contribution in [-0.4, -0.2) is 68.1 Å². The van der Waals surface area contributed by atoms with Crippen LogP contribution in [0, 0.1) is 5.92 Å². The van der Waals surface area contributed by atoms with Crippen LogP contribution >= 0.6 is 0 Å². The fourth-order valence-electron chi connectivity index (χ4n) is 3.16. The molecular formula is C15H28N2O5S. The van der Waals surface area contributed by atoms with E-state index in [0.717, 1.165) is 32.2 Å². The number of nitrogens with zero attached hydrogens (tertiary/aromatic N) is 2. The molecule has 0 bridgehead atoms. The number of cyclic esters (lactones) is 1. The molecule has 0 radical (unpaired) electrons. The van der Waals surface area contributed by atoms with E-state index in [1.54, 1.807) is 11.8 Å². The fourth-order valence-corrected chi connectivity index (χ4v) is 3.70. The normalized spacial score (nSPS) is 28.2. The van der Waals surface area contributed by atoms with Crippen LogP contribution in [0.15, 0.2) is 0 Å². The van der Waals surface area contributed by atoms with Crippen LogP contribution in [0.25, 0.3) is 0 Å². The molecule has 0 aromatic rings. The van der Waals surface area contributed by atoms with Crippen molar-refractivity contribution in [3.05, 3.63) is 0 Å². The third kappa shape index (κ3) is 4.81. The van der Waals surface area contributed by atoms with E-state index in [2.05, 4.69) is 25.7 Å². The van der Waals surface area contributed by atoms with Gasteiger partial charge in [-0.1, -0.05) is 0 Å². The van der Waals surface area contributed by atoms with Crippen molar-refractivity contribution >= 4 is 16.2 Å². The SMILES string of the molecule is CC1C(OS(C)(=O)=O)OC(=O)N1CC1CCN(C(C)(C)C)CC1. The lowest BCUT2D eigenvalue weighted by Crippen LogP contribution is -2.48. The third-order valence-electron chi connectivity index (χ3n) is 4.62. The second-order valence-corrected chi connectivity index (χ2v) is 9.15. The van der Waals surface area contributed by atoms with Crippen LogP contribution in [-0.2, 0) is 19.0 Å². The minimum atomic E-state index is -3.65. The first-order valence-corrected chi connectivity index (χ1v) is 9.89. The Hall–Kier alpha value is -0.860. The average molecular weight is 348 g/mol. The molecule has 1 amide bonds. The van der Waals surface area contributed by atoms with Gasteiger partial charge >= 0.3 is 6.09 Å². The Labute approximate surface area is 139 Å². The zero-order valence-electron chi connectivity index (χ0n) is 14.6. The second kappa shape index (κ2) is 6.57. The van der Waals surface area contributed by atoms with Crippen LogP contribution in [0.2, 0.25) is 0 Å². The van der Waals surface area contributed by atoms with Gasteiger partial charge in [0.15, 0.2) is 0 Å². The van der Waals surface area contributed by atoms with E-state index in [1.165, 1.54) is 0 Å². The van der Waals surface area contributed by atoms with Gasteiger partial charge in [-0.3, -0.25) is 9.80 Å². The largest absolute Gasteiger partial charge is 0.416 e. The summed E-state index contributed by atoms with van der Waals surface area (Å²) in [6.45, 7) is 11.0. The lowest BCUT2D eigenvalue weighted by Gasteiger charge is -2.41. The number of hydrogen-bond donors (Lipinski definition) is 0. The number of carbonyl (C=O) groups excluding carboxylic acids is 1. The minimum Gasteiger partial charge on any atom is -0.416 e. The molecule has 0 N–H and O–H groups in total. The number of amides is 1. The van der Waals surface area contributed by atoms with Crippen LogP contribution in [0.1, 0.15) is 40.5 Å². The predicted molar refractivity (Wildman–Crippen MR) is 86.4 cm³/mol. The van der Waals surface area contributed by atoms with Gasteiger partial charge in [0, 0.05) is 12.1 Å². The van der Waals surface area contributed by atoms with E-state index < -0.39 is 28.5 Å². The summed E-state index contributed by atoms with van der Waals surface area (Å²) in [7, 11) is -3.65. The van der Waals surface area contributed by atoms with E-state index in [9.17, 15) is 13.2 Å². The molecule has 23 heavy (non-hydrogen) atoms. The molecule has 0 aromatic heterocycles. The third-order valence-corrected chi connectivity index (χ3v) is 5.16. The first-order valence-electron chi connectivity index (χ1n) is 8.08. The minimum absolute atomic E-state index is 0.166. The van der Waals surface area contributed by atoms with Gasteiger partial charge in [0.2, 0.25) is 6.29 Å². The first kappa shape index (κ1) is 18.5. The number of ether oxygens (including phenoxy) is 1. The Morgan fingerprint density at radius 1 is 1.26 bits per heavy atom. The van der Waals surface area contributed by atoms with Gasteiger partial charge in [0.1, 0.15) is 0 Å². The molecule has 2 aliphatic rings. The van der Waals surface area contributed by atoms with E-state index in [1.807, 2.05) is 0 Å². The number of rotatable bonds is 4. The summed E-state index contributed by atoms with van der Waals surface area (Å²) < 4.78 is 32.4. The quantitative estimate of drug-likeness (QED) is 0.719. The van der Waals surface area contributed by atoms with Crippen LogP contribution < -0.4 is 0 Å². The molecule has 0 aromatic carbocycles. The van der Waals surface area contributed by atoms with Gasteiger partial charge in [-0.25, -0.2) is 8.98 Å². The Bertz CT molecular complexity index is 535. The summed E-state index contributed by atoms with van der Waals surface area (Å²) in [5, 5.41) is 0. The van der Waals surface area contributed by atoms with E-state index in [0.29, 0.717) is 12.5 Å². The second-order valence-electron chi connectivity index (χ2n) is 7.55. The van der Waals surface area contributed by atoms with Gasteiger partial charge in [0.25, 0.3) is 10.1 Å². The highest BCUT2D eigenvalue weighted by Gasteiger charge is 2.42. The van der Waals surface area contributed by atoms with Crippen LogP contribution in [0.4, 0.5) is 4.79 Å². The maximum Gasteiger partial charge on any atom is 0.412 e. The highest BCUT2D eigenvalue weighted by molar-refractivity contribution is 7.86. The van der Waals surface area contributed by atoms with Gasteiger partial charge in [-0.15, -0.1) is 0 Å². The lowest BCUT2D eigenvalue weighted by atomic mass is 9.92. The molecule has 2 unspecified atom stereocenters. The maximum absolute atomic E-state index is 12.0. The summed E-state index contributed by atoms with van der Waals surface area (Å²) in [5.41, 5.74) is 0.166. The lowest BCUT2D eigenvalue weighted by molar-refractivity contribution is -0.00799. The number of hydrogen-bond acceptors (Lipinski definition) is 6. The molecule has 2 atom stereocenters. The maximum atomic E-state index is 12.0. The molecule has 8 heteroatoms. The highest BCUT2D eigenvalue weighted by atomic mass is 32.2. The summed E-state index contributed by atoms with van der Waals surface area (Å²) >= 11 is 0. The van der Waals surface area contributed by atoms with Crippen molar-refractivity contribution in [1.29, 1.82) is 0 Å². The van der Waals surface area contributed by atoms with Crippen molar-refractivity contribution in [3.63, 3.8) is 0 Å². The van der Waals surface area contributed by atoms with E-state index in [4.69, 9.17) is 8.92 Å². The summed E-state index contributed by atoms with van der Waals surface area (Å²) in [5.74, 6) is 0.403. The average Bonchev–Trinajstić information content (AvgIpc) is 2.64. The zero-order valence-corrected chi connectivity index (χ0v) is 15.4.